The van der Waals surface area contributed by atoms with E-state index in [1.807, 2.05) is 6.92 Å². The summed E-state index contributed by atoms with van der Waals surface area (Å²) in [5, 5.41) is 29.9. The highest BCUT2D eigenvalue weighted by Gasteiger charge is 2.65. The predicted octanol–water partition coefficient (Wildman–Crippen LogP) is 3.91. The molecule has 0 aliphatic heterocycles. The number of unbranched alkanes of at least 4 members (excludes halogenated alkanes) is 1. The van der Waals surface area contributed by atoms with E-state index in [9.17, 15) is 29.4 Å². The maximum atomic E-state index is 12.5. The van der Waals surface area contributed by atoms with E-state index in [-0.39, 0.29) is 23.2 Å². The van der Waals surface area contributed by atoms with Gasteiger partial charge in [-0.05, 0) is 101 Å². The van der Waals surface area contributed by atoms with Crippen molar-refractivity contribution in [2.75, 3.05) is 6.61 Å². The molecule has 3 fully saturated rings. The lowest BCUT2D eigenvalue weighted by Gasteiger charge is -2.59. The third-order valence-electron chi connectivity index (χ3n) is 11.3. The van der Waals surface area contributed by atoms with Gasteiger partial charge in [0.25, 0.3) is 5.91 Å². The van der Waals surface area contributed by atoms with E-state index in [1.54, 1.807) is 6.92 Å². The molecule has 8 atom stereocenters. The Bertz CT molecular complexity index is 1150. The topological polar surface area (TPSA) is 154 Å². The fraction of sp³-hybridized carbons (Fsp3) is 0.781. The van der Waals surface area contributed by atoms with E-state index in [0.29, 0.717) is 37.0 Å². The van der Waals surface area contributed by atoms with Gasteiger partial charge >= 0.3 is 5.97 Å². The summed E-state index contributed by atoms with van der Waals surface area (Å²) in [7, 11) is 0. The zero-order valence-corrected chi connectivity index (χ0v) is 25.8. The van der Waals surface area contributed by atoms with Crippen LogP contribution in [0.3, 0.4) is 0 Å². The number of carbonyl (C=O) groups is 4. The minimum Gasteiger partial charge on any atom is -0.480 e. The average molecular weight is 588 g/mol. The Balaban J connectivity index is 1.32. The molecule has 0 heterocycles. The van der Waals surface area contributed by atoms with E-state index >= 15 is 0 Å². The van der Waals surface area contributed by atoms with Crippen LogP contribution in [-0.2, 0) is 24.0 Å². The van der Waals surface area contributed by atoms with Gasteiger partial charge in [-0.3, -0.25) is 14.4 Å². The van der Waals surface area contributed by atoms with Crippen LogP contribution < -0.4 is 10.6 Å². The van der Waals surface area contributed by atoms with Gasteiger partial charge < -0.3 is 25.7 Å². The molecular weight excluding hydrogens is 538 g/mol. The smallest absolute Gasteiger partial charge is 0.326 e. The summed E-state index contributed by atoms with van der Waals surface area (Å²) in [6.45, 7) is 9.14. The minimum absolute atomic E-state index is 0.0469. The molecule has 0 saturated heterocycles. The number of carboxylic acid groups (broad SMARTS) is 1. The van der Waals surface area contributed by atoms with Crippen LogP contribution in [0.25, 0.3) is 0 Å². The minimum atomic E-state index is -1.20. The molecule has 0 radical (unpaired) electrons. The molecule has 42 heavy (non-hydrogen) atoms. The van der Waals surface area contributed by atoms with Crippen molar-refractivity contribution in [3.05, 3.63) is 11.6 Å². The van der Waals surface area contributed by atoms with Gasteiger partial charge in [0.2, 0.25) is 5.91 Å². The fourth-order valence-corrected chi connectivity index (χ4v) is 8.72. The van der Waals surface area contributed by atoms with Crippen molar-refractivity contribution in [1.29, 1.82) is 0 Å². The number of hydrogen-bond donors (Lipinski definition) is 4. The number of allylic oxidation sites excluding steroid dienone is 2. The molecule has 0 aromatic carbocycles. The number of oxime groups is 1. The molecule has 10 nitrogen and oxygen atoms in total. The summed E-state index contributed by atoms with van der Waals surface area (Å²) in [6.07, 6.45) is 11.0. The Morgan fingerprint density at radius 1 is 1.07 bits per heavy atom. The molecule has 0 aromatic rings. The zero-order valence-electron chi connectivity index (χ0n) is 25.8. The molecule has 0 unspecified atom stereocenters. The van der Waals surface area contributed by atoms with Crippen molar-refractivity contribution in [2.24, 2.45) is 33.7 Å². The molecular formula is C32H49N3O7. The number of carbonyl (C=O) groups excluding carboxylic acids is 3. The van der Waals surface area contributed by atoms with Gasteiger partial charge in [0.1, 0.15) is 17.7 Å². The first-order chi connectivity index (χ1) is 19.8. The van der Waals surface area contributed by atoms with Gasteiger partial charge in [-0.1, -0.05) is 44.3 Å². The lowest BCUT2D eigenvalue weighted by Crippen LogP contribution is -2.57. The number of aliphatic hydroxyl groups is 1. The highest BCUT2D eigenvalue weighted by molar-refractivity contribution is 5.96. The molecule has 4 N–H and O–H groups in total. The van der Waals surface area contributed by atoms with E-state index in [1.165, 1.54) is 12.5 Å². The van der Waals surface area contributed by atoms with Crippen molar-refractivity contribution in [2.45, 2.75) is 123 Å². The highest BCUT2D eigenvalue weighted by Crippen LogP contribution is 2.67. The van der Waals surface area contributed by atoms with Crippen molar-refractivity contribution >= 4 is 29.3 Å². The van der Waals surface area contributed by atoms with Crippen LogP contribution >= 0.6 is 0 Å². The highest BCUT2D eigenvalue weighted by atomic mass is 16.6. The second-order valence-electron chi connectivity index (χ2n) is 13.6. The van der Waals surface area contributed by atoms with Crippen LogP contribution in [0.4, 0.5) is 0 Å². The van der Waals surface area contributed by atoms with Gasteiger partial charge in [-0.25, -0.2) is 4.79 Å². The quantitative estimate of drug-likeness (QED) is 0.267. The summed E-state index contributed by atoms with van der Waals surface area (Å²) in [6, 6.07) is -1.90. The third-order valence-corrected chi connectivity index (χ3v) is 11.3. The molecule has 10 heteroatoms. The summed E-state index contributed by atoms with van der Waals surface area (Å²) in [5.74, 6) is -0.895. The number of amides is 2. The molecule has 0 bridgehead atoms. The second kappa shape index (κ2) is 12.5. The van der Waals surface area contributed by atoms with Crippen LogP contribution in [0, 0.1) is 28.6 Å². The molecule has 0 spiro atoms. The number of nitrogens with one attached hydrogen (secondary N) is 2. The number of fused-ring (bicyclic) bond motifs is 5. The Hall–Kier alpha value is -2.75. The van der Waals surface area contributed by atoms with Crippen LogP contribution in [0.2, 0.25) is 0 Å². The van der Waals surface area contributed by atoms with E-state index in [4.69, 9.17) is 4.84 Å². The number of rotatable bonds is 11. The molecule has 4 aliphatic rings. The molecule has 3 saturated carbocycles. The average Bonchev–Trinajstić information content (AvgIpc) is 3.22. The predicted molar refractivity (Wildman–Crippen MR) is 157 cm³/mol. The number of ketones is 1. The number of nitrogens with zero attached hydrogens (tertiary/aromatic N) is 1. The molecule has 4 aliphatic carbocycles. The first kappa shape index (κ1) is 32.2. The van der Waals surface area contributed by atoms with Crippen molar-refractivity contribution < 1.29 is 34.2 Å². The normalized spacial score (nSPS) is 36.0. The van der Waals surface area contributed by atoms with E-state index < -0.39 is 35.5 Å². The van der Waals surface area contributed by atoms with Crippen LogP contribution in [0.5, 0.6) is 0 Å². The summed E-state index contributed by atoms with van der Waals surface area (Å²) >= 11 is 0. The molecule has 234 valence electrons. The maximum Gasteiger partial charge on any atom is 0.326 e. The summed E-state index contributed by atoms with van der Waals surface area (Å²) < 4.78 is 0. The molecule has 2 amide bonds. The van der Waals surface area contributed by atoms with Gasteiger partial charge in [-0.2, -0.15) is 0 Å². The number of carboxylic acids is 1. The SMILES string of the molecule is CCCC[C@H](NC(=O)[C@@H](C)NC(=O)CO/N=C1/C=C2CC[C@@H]3[C@H](CC[C@@]4(C)[C@H]3CC[C@]4(O)C(C)=O)[C@@]2(C)CC1)C(=O)O. The van der Waals surface area contributed by atoms with Crippen molar-refractivity contribution in [3.63, 3.8) is 0 Å². The van der Waals surface area contributed by atoms with Crippen molar-refractivity contribution in [3.8, 4) is 0 Å². The van der Waals surface area contributed by atoms with E-state index in [0.717, 1.165) is 57.1 Å². The van der Waals surface area contributed by atoms with Gasteiger partial charge in [0.05, 0.1) is 5.71 Å². The van der Waals surface area contributed by atoms with Gasteiger partial charge in [-0.15, -0.1) is 0 Å². The third kappa shape index (κ3) is 5.88. The Kier molecular flexibility index (Phi) is 9.55. The van der Waals surface area contributed by atoms with Crippen LogP contribution in [-0.4, -0.2) is 63.8 Å². The lowest BCUT2D eigenvalue weighted by atomic mass is 9.46. The molecule has 4 rings (SSSR count). The Labute approximate surface area is 249 Å². The monoisotopic (exact) mass is 587 g/mol. The largest absolute Gasteiger partial charge is 0.480 e. The summed E-state index contributed by atoms with van der Waals surface area (Å²) in [4.78, 5) is 54.0. The first-order valence-electron chi connectivity index (χ1n) is 15.7. The second-order valence-corrected chi connectivity index (χ2v) is 13.6. The van der Waals surface area contributed by atoms with Gasteiger partial charge in [0, 0.05) is 5.41 Å². The van der Waals surface area contributed by atoms with Crippen LogP contribution in [0.15, 0.2) is 16.8 Å². The maximum absolute atomic E-state index is 12.5. The number of hydrogen-bond acceptors (Lipinski definition) is 7. The first-order valence-corrected chi connectivity index (χ1v) is 15.7. The zero-order chi connectivity index (χ0) is 30.9. The summed E-state index contributed by atoms with van der Waals surface area (Å²) in [5.41, 5.74) is 0.662. The van der Waals surface area contributed by atoms with Crippen LogP contribution in [0.1, 0.15) is 105 Å². The number of aliphatic carboxylic acids is 1. The van der Waals surface area contributed by atoms with Crippen molar-refractivity contribution in [1.82, 2.24) is 10.6 Å². The molecule has 0 aromatic heterocycles. The standard InChI is InChI=1S/C32H49N3O7/c1-6-7-8-26(29(39)40)34-28(38)19(2)33-27(37)18-42-35-22-11-14-30(4)21(17-22)9-10-23-24(30)12-15-31(5)25(23)13-16-32(31,41)20(3)36/h17,19,23-26,41H,6-16,18H2,1-5H3,(H,33,37)(H,34,38)(H,39,40)/b35-22+/t19-,23-,24+,25+,26+,30+,31+,32+/m1/s1. The number of Topliss-reactive ketones (excluding diaryl/α,β-unsaturated/α-hetero) is 1. The Morgan fingerprint density at radius 2 is 1.79 bits per heavy atom. The van der Waals surface area contributed by atoms with Gasteiger partial charge in [0.15, 0.2) is 12.4 Å². The Morgan fingerprint density at radius 3 is 2.45 bits per heavy atom. The fourth-order valence-electron chi connectivity index (χ4n) is 8.72. The van der Waals surface area contributed by atoms with E-state index in [2.05, 4.69) is 35.7 Å². The lowest BCUT2D eigenvalue weighted by molar-refractivity contribution is -0.159.